The van der Waals surface area contributed by atoms with Crippen molar-refractivity contribution in [2.75, 3.05) is 14.1 Å². The van der Waals surface area contributed by atoms with E-state index in [0.717, 1.165) is 6.42 Å². The van der Waals surface area contributed by atoms with Crippen LogP contribution in [0.25, 0.3) is 0 Å². The van der Waals surface area contributed by atoms with E-state index in [9.17, 15) is 0 Å². The maximum atomic E-state index is 3.55. The molecule has 0 aliphatic carbocycles. The van der Waals surface area contributed by atoms with E-state index in [0.29, 0.717) is 0 Å². The number of allylic oxidation sites excluding steroid dienone is 1. The summed E-state index contributed by atoms with van der Waals surface area (Å²) >= 11 is 0. The topological polar surface area (TPSA) is 12.0 Å². The molecule has 0 radical (unpaired) electrons. The van der Waals surface area contributed by atoms with E-state index in [4.69, 9.17) is 0 Å². The van der Waals surface area contributed by atoms with Crippen molar-refractivity contribution in [1.29, 1.82) is 0 Å². The van der Waals surface area contributed by atoms with Crippen molar-refractivity contribution in [3.05, 3.63) is 12.7 Å². The van der Waals surface area contributed by atoms with E-state index in [-0.39, 0.29) is 0 Å². The fourth-order valence-electron chi connectivity index (χ4n) is 0.204. The average molecular weight is 115 g/mol. The van der Waals surface area contributed by atoms with Gasteiger partial charge in [0, 0.05) is 0 Å². The monoisotopic (exact) mass is 115 g/mol. The van der Waals surface area contributed by atoms with Crippen molar-refractivity contribution >= 4 is 0 Å². The molecule has 8 heavy (non-hydrogen) atoms. The summed E-state index contributed by atoms with van der Waals surface area (Å²) in [4.78, 5) is 0. The minimum absolute atomic E-state index is 1.15. The highest BCUT2D eigenvalue weighted by atomic mass is 14.7. The third-order valence-corrected chi connectivity index (χ3v) is 0.493. The first-order valence-corrected chi connectivity index (χ1v) is 3.02. The van der Waals surface area contributed by atoms with Crippen LogP contribution in [0.3, 0.4) is 0 Å². The van der Waals surface area contributed by atoms with Gasteiger partial charge in [0.2, 0.25) is 0 Å². The molecular weight excluding hydrogens is 98.1 g/mol. The Morgan fingerprint density at radius 3 is 1.88 bits per heavy atom. The molecule has 0 atom stereocenters. The normalized spacial score (nSPS) is 6.88. The summed E-state index contributed by atoms with van der Waals surface area (Å²) in [6.07, 6.45) is 4.31. The smallest absolute Gasteiger partial charge is 0.0167 e. The summed E-state index contributed by atoms with van der Waals surface area (Å²) in [6.45, 7) is 5.69. The highest BCUT2D eigenvalue weighted by Crippen LogP contribution is 1.82. The second kappa shape index (κ2) is 15.9. The number of rotatable bonds is 2. The lowest BCUT2D eigenvalue weighted by Crippen LogP contribution is -1.89. The minimum Gasteiger partial charge on any atom is -0.323 e. The summed E-state index contributed by atoms with van der Waals surface area (Å²) in [5, 5.41) is 2.75. The molecule has 0 aliphatic heterocycles. The summed E-state index contributed by atoms with van der Waals surface area (Å²) in [7, 11) is 3.75. The average Bonchev–Trinajstić information content (AvgIpc) is 1.71. The Morgan fingerprint density at radius 1 is 1.50 bits per heavy atom. The lowest BCUT2D eigenvalue weighted by atomic mass is 10.3. The Labute approximate surface area is 52.8 Å². The van der Waals surface area contributed by atoms with E-state index < -0.39 is 0 Å². The third-order valence-electron chi connectivity index (χ3n) is 0.493. The first-order chi connectivity index (χ1) is 3.83. The third kappa shape index (κ3) is 43.6. The SMILES string of the molecule is C=CCCC.CNC. The van der Waals surface area contributed by atoms with Gasteiger partial charge >= 0.3 is 0 Å². The van der Waals surface area contributed by atoms with Crippen LogP contribution in [0.5, 0.6) is 0 Å². The largest absolute Gasteiger partial charge is 0.323 e. The van der Waals surface area contributed by atoms with Crippen LogP contribution < -0.4 is 5.32 Å². The number of unbranched alkanes of at least 4 members (excludes halogenated alkanes) is 1. The van der Waals surface area contributed by atoms with Gasteiger partial charge in [-0.3, -0.25) is 0 Å². The van der Waals surface area contributed by atoms with Gasteiger partial charge in [0.25, 0.3) is 0 Å². The molecule has 0 saturated carbocycles. The van der Waals surface area contributed by atoms with Crippen LogP contribution in [0.4, 0.5) is 0 Å². The summed E-state index contributed by atoms with van der Waals surface area (Å²) in [6, 6.07) is 0. The van der Waals surface area contributed by atoms with Gasteiger partial charge in [0.05, 0.1) is 0 Å². The summed E-state index contributed by atoms with van der Waals surface area (Å²) in [5.74, 6) is 0. The van der Waals surface area contributed by atoms with Gasteiger partial charge in [0.1, 0.15) is 0 Å². The van der Waals surface area contributed by atoms with Crippen LogP contribution in [-0.2, 0) is 0 Å². The van der Waals surface area contributed by atoms with Gasteiger partial charge in [-0.15, -0.1) is 6.58 Å². The molecule has 0 aromatic heterocycles. The first-order valence-electron chi connectivity index (χ1n) is 3.02. The van der Waals surface area contributed by atoms with Gasteiger partial charge in [-0.2, -0.15) is 0 Å². The van der Waals surface area contributed by atoms with Crippen molar-refractivity contribution in [3.8, 4) is 0 Å². The van der Waals surface area contributed by atoms with Crippen molar-refractivity contribution in [2.24, 2.45) is 0 Å². The van der Waals surface area contributed by atoms with E-state index in [1.165, 1.54) is 6.42 Å². The van der Waals surface area contributed by atoms with Gasteiger partial charge in [0.15, 0.2) is 0 Å². The van der Waals surface area contributed by atoms with E-state index in [2.05, 4.69) is 18.8 Å². The fraction of sp³-hybridized carbons (Fsp3) is 0.714. The van der Waals surface area contributed by atoms with Crippen LogP contribution in [-0.4, -0.2) is 14.1 Å². The van der Waals surface area contributed by atoms with E-state index >= 15 is 0 Å². The molecule has 0 saturated heterocycles. The van der Waals surface area contributed by atoms with Crippen molar-refractivity contribution in [2.45, 2.75) is 19.8 Å². The second-order valence-electron chi connectivity index (χ2n) is 1.58. The van der Waals surface area contributed by atoms with Gasteiger partial charge in [-0.1, -0.05) is 19.4 Å². The van der Waals surface area contributed by atoms with Crippen molar-refractivity contribution in [1.82, 2.24) is 5.32 Å². The molecule has 0 unspecified atom stereocenters. The van der Waals surface area contributed by atoms with Gasteiger partial charge in [-0.05, 0) is 20.5 Å². The van der Waals surface area contributed by atoms with Crippen molar-refractivity contribution in [3.63, 3.8) is 0 Å². The number of nitrogens with one attached hydrogen (secondary N) is 1. The minimum atomic E-state index is 1.15. The molecule has 0 bridgehead atoms. The van der Waals surface area contributed by atoms with Crippen LogP contribution >= 0.6 is 0 Å². The van der Waals surface area contributed by atoms with Gasteiger partial charge < -0.3 is 5.32 Å². The lowest BCUT2D eigenvalue weighted by Gasteiger charge is -1.72. The summed E-state index contributed by atoms with van der Waals surface area (Å²) < 4.78 is 0. The maximum absolute atomic E-state index is 3.55. The van der Waals surface area contributed by atoms with Gasteiger partial charge in [-0.25, -0.2) is 0 Å². The number of hydrogen-bond donors (Lipinski definition) is 1. The van der Waals surface area contributed by atoms with Crippen LogP contribution in [0.2, 0.25) is 0 Å². The Balaban J connectivity index is 0. The second-order valence-corrected chi connectivity index (χ2v) is 1.58. The molecule has 1 heteroatoms. The lowest BCUT2D eigenvalue weighted by molar-refractivity contribution is 0.961. The van der Waals surface area contributed by atoms with Crippen molar-refractivity contribution < 1.29 is 0 Å². The highest BCUT2D eigenvalue weighted by Gasteiger charge is 1.61. The zero-order valence-electron chi connectivity index (χ0n) is 6.20. The Bertz CT molecular complexity index is 33.4. The molecule has 0 aliphatic rings. The number of hydrogen-bond acceptors (Lipinski definition) is 1. The molecule has 0 aromatic rings. The Kier molecular flexibility index (Phi) is 21.1. The predicted molar refractivity (Wildman–Crippen MR) is 40.1 cm³/mol. The molecular formula is C7H17N. The predicted octanol–water partition coefficient (Wildman–Crippen LogP) is 1.81. The molecule has 0 rings (SSSR count). The molecule has 0 fully saturated rings. The van der Waals surface area contributed by atoms with Crippen LogP contribution in [0.1, 0.15) is 19.8 Å². The zero-order chi connectivity index (χ0) is 6.83. The fourth-order valence-corrected chi connectivity index (χ4v) is 0.204. The zero-order valence-corrected chi connectivity index (χ0v) is 6.20. The first kappa shape index (κ1) is 10.6. The van der Waals surface area contributed by atoms with Crippen LogP contribution in [0.15, 0.2) is 12.7 Å². The van der Waals surface area contributed by atoms with E-state index in [1.807, 2.05) is 20.2 Å². The standard InChI is InChI=1S/C5H10.C2H7N/c1-3-5-4-2;1-3-2/h3H,1,4-5H2,2H3;3H,1-2H3. The highest BCUT2D eigenvalue weighted by molar-refractivity contribution is 4.63. The molecule has 0 amide bonds. The molecule has 50 valence electrons. The molecule has 0 aromatic carbocycles. The quantitative estimate of drug-likeness (QED) is 0.541. The Hall–Kier alpha value is -0.300. The molecule has 1 N–H and O–H groups in total. The van der Waals surface area contributed by atoms with E-state index in [1.54, 1.807) is 0 Å². The maximum Gasteiger partial charge on any atom is -0.0167 e. The summed E-state index contributed by atoms with van der Waals surface area (Å²) in [5.41, 5.74) is 0. The van der Waals surface area contributed by atoms with Crippen LogP contribution in [0, 0.1) is 0 Å². The Morgan fingerprint density at radius 2 is 1.88 bits per heavy atom. The molecule has 0 heterocycles. The molecule has 1 nitrogen and oxygen atoms in total. The molecule has 0 spiro atoms.